The average molecular weight is 514 g/mol. The standard InChI is InChI=1S/C23H14BrClN2O3S/c24-15-2-1-3-17(13-15)27-22(29)20(21(28)26-23(27)30)12-14-4-8-18(9-5-14)31-19-10-6-16(25)7-11-19/h1-13H,(H,26,28,30)/b20-12+. The van der Waals surface area contributed by atoms with Gasteiger partial charge in [-0.2, -0.15) is 0 Å². The Balaban J connectivity index is 1.57. The number of imide groups is 2. The Morgan fingerprint density at radius 1 is 0.903 bits per heavy atom. The lowest BCUT2D eigenvalue weighted by atomic mass is 10.1. The maximum Gasteiger partial charge on any atom is 0.335 e. The fourth-order valence-corrected chi connectivity index (χ4v) is 4.27. The lowest BCUT2D eigenvalue weighted by molar-refractivity contribution is -0.122. The number of hydrogen-bond acceptors (Lipinski definition) is 4. The second-order valence-electron chi connectivity index (χ2n) is 6.56. The zero-order valence-electron chi connectivity index (χ0n) is 15.8. The van der Waals surface area contributed by atoms with E-state index in [1.165, 1.54) is 6.08 Å². The minimum atomic E-state index is -0.778. The van der Waals surface area contributed by atoms with Gasteiger partial charge in [-0.05, 0) is 66.2 Å². The van der Waals surface area contributed by atoms with Crippen LogP contribution in [0.15, 0.2) is 92.6 Å². The molecule has 31 heavy (non-hydrogen) atoms. The largest absolute Gasteiger partial charge is 0.335 e. The van der Waals surface area contributed by atoms with Crippen LogP contribution in [0.2, 0.25) is 5.02 Å². The van der Waals surface area contributed by atoms with Gasteiger partial charge in [0.05, 0.1) is 5.69 Å². The molecule has 0 saturated carbocycles. The molecule has 0 aliphatic carbocycles. The molecule has 0 bridgehead atoms. The number of rotatable bonds is 4. The van der Waals surface area contributed by atoms with Crippen LogP contribution in [-0.4, -0.2) is 17.8 Å². The van der Waals surface area contributed by atoms with E-state index in [-0.39, 0.29) is 5.57 Å². The second-order valence-corrected chi connectivity index (χ2v) is 9.06. The maximum absolute atomic E-state index is 12.9. The molecule has 4 amide bonds. The number of benzene rings is 3. The Bertz CT molecular complexity index is 1210. The molecular weight excluding hydrogens is 500 g/mol. The number of nitrogens with one attached hydrogen (secondary N) is 1. The Kier molecular flexibility index (Phi) is 6.27. The molecule has 1 aliphatic heterocycles. The van der Waals surface area contributed by atoms with E-state index in [2.05, 4.69) is 21.2 Å². The number of carbonyl (C=O) groups is 3. The SMILES string of the molecule is O=C1NC(=O)N(c2cccc(Br)c2)C(=O)/C1=C/c1ccc(Sc2ccc(Cl)cc2)cc1. The van der Waals surface area contributed by atoms with Crippen molar-refractivity contribution in [1.29, 1.82) is 0 Å². The summed E-state index contributed by atoms with van der Waals surface area (Å²) in [7, 11) is 0. The molecule has 0 atom stereocenters. The van der Waals surface area contributed by atoms with Crippen molar-refractivity contribution in [3.05, 3.63) is 93.4 Å². The third-order valence-electron chi connectivity index (χ3n) is 4.41. The van der Waals surface area contributed by atoms with Crippen molar-refractivity contribution in [2.75, 3.05) is 4.90 Å². The first-order chi connectivity index (χ1) is 14.9. The fraction of sp³-hybridized carbons (Fsp3) is 0. The highest BCUT2D eigenvalue weighted by Crippen LogP contribution is 2.29. The first kappa shape index (κ1) is 21.4. The van der Waals surface area contributed by atoms with Gasteiger partial charge in [0.15, 0.2) is 0 Å². The van der Waals surface area contributed by atoms with E-state index in [9.17, 15) is 14.4 Å². The van der Waals surface area contributed by atoms with Gasteiger partial charge in [-0.3, -0.25) is 14.9 Å². The van der Waals surface area contributed by atoms with Gasteiger partial charge in [0, 0.05) is 19.3 Å². The van der Waals surface area contributed by atoms with Gasteiger partial charge < -0.3 is 0 Å². The van der Waals surface area contributed by atoms with Crippen LogP contribution in [0.4, 0.5) is 10.5 Å². The van der Waals surface area contributed by atoms with Crippen LogP contribution in [0.25, 0.3) is 6.08 Å². The van der Waals surface area contributed by atoms with Crippen LogP contribution in [0, 0.1) is 0 Å². The number of hydrogen-bond donors (Lipinski definition) is 1. The van der Waals surface area contributed by atoms with E-state index in [0.29, 0.717) is 20.7 Å². The van der Waals surface area contributed by atoms with Crippen molar-refractivity contribution in [3.8, 4) is 0 Å². The van der Waals surface area contributed by atoms with Gasteiger partial charge >= 0.3 is 6.03 Å². The molecule has 1 saturated heterocycles. The van der Waals surface area contributed by atoms with Crippen molar-refractivity contribution in [3.63, 3.8) is 0 Å². The van der Waals surface area contributed by atoms with Crippen molar-refractivity contribution in [2.45, 2.75) is 9.79 Å². The molecule has 5 nitrogen and oxygen atoms in total. The van der Waals surface area contributed by atoms with Crippen molar-refractivity contribution in [1.82, 2.24) is 5.32 Å². The summed E-state index contributed by atoms with van der Waals surface area (Å²) in [5.74, 6) is -1.40. The number of nitrogens with zero attached hydrogens (tertiary/aromatic N) is 1. The Labute approximate surface area is 196 Å². The van der Waals surface area contributed by atoms with Gasteiger partial charge in [0.2, 0.25) is 0 Å². The van der Waals surface area contributed by atoms with Gasteiger partial charge in [0.1, 0.15) is 5.57 Å². The summed E-state index contributed by atoms with van der Waals surface area (Å²) in [5.41, 5.74) is 0.921. The van der Waals surface area contributed by atoms with Gasteiger partial charge in [-0.15, -0.1) is 0 Å². The number of amides is 4. The van der Waals surface area contributed by atoms with Crippen molar-refractivity contribution < 1.29 is 14.4 Å². The Morgan fingerprint density at radius 3 is 2.19 bits per heavy atom. The Hall–Kier alpha value is -2.87. The van der Waals surface area contributed by atoms with Crippen LogP contribution < -0.4 is 10.2 Å². The fourth-order valence-electron chi connectivity index (χ4n) is 2.94. The number of urea groups is 1. The lowest BCUT2D eigenvalue weighted by Gasteiger charge is -2.26. The molecule has 1 N–H and O–H groups in total. The molecule has 3 aromatic rings. The van der Waals surface area contributed by atoms with E-state index >= 15 is 0 Å². The van der Waals surface area contributed by atoms with Crippen LogP contribution in [-0.2, 0) is 9.59 Å². The highest BCUT2D eigenvalue weighted by molar-refractivity contribution is 9.10. The van der Waals surface area contributed by atoms with Gasteiger partial charge in [0.25, 0.3) is 11.8 Å². The first-order valence-electron chi connectivity index (χ1n) is 9.11. The number of barbiturate groups is 1. The molecule has 154 valence electrons. The maximum atomic E-state index is 12.9. The van der Waals surface area contributed by atoms with Crippen LogP contribution >= 0.6 is 39.3 Å². The normalized spacial score (nSPS) is 15.4. The molecule has 0 radical (unpaired) electrons. The first-order valence-corrected chi connectivity index (χ1v) is 11.1. The number of halogens is 2. The average Bonchev–Trinajstić information content (AvgIpc) is 2.74. The summed E-state index contributed by atoms with van der Waals surface area (Å²) in [5, 5.41) is 2.90. The van der Waals surface area contributed by atoms with E-state index < -0.39 is 17.8 Å². The lowest BCUT2D eigenvalue weighted by Crippen LogP contribution is -2.54. The number of anilines is 1. The van der Waals surface area contributed by atoms with Gasteiger partial charge in [-0.25, -0.2) is 9.69 Å². The highest BCUT2D eigenvalue weighted by Gasteiger charge is 2.36. The van der Waals surface area contributed by atoms with Crippen molar-refractivity contribution >= 4 is 68.9 Å². The molecule has 0 aromatic heterocycles. The third kappa shape index (κ3) is 4.90. The van der Waals surface area contributed by atoms with E-state index in [0.717, 1.165) is 14.7 Å². The zero-order valence-corrected chi connectivity index (χ0v) is 19.0. The van der Waals surface area contributed by atoms with Crippen LogP contribution in [0.3, 0.4) is 0 Å². The topological polar surface area (TPSA) is 66.5 Å². The predicted molar refractivity (Wildman–Crippen MR) is 125 cm³/mol. The Morgan fingerprint density at radius 2 is 1.55 bits per heavy atom. The quantitative estimate of drug-likeness (QED) is 0.347. The second kappa shape index (κ2) is 9.09. The molecule has 1 fully saturated rings. The molecule has 0 unspecified atom stereocenters. The summed E-state index contributed by atoms with van der Waals surface area (Å²) in [6.07, 6.45) is 1.48. The smallest absolute Gasteiger partial charge is 0.273 e. The molecule has 4 rings (SSSR count). The summed E-state index contributed by atoms with van der Waals surface area (Å²) in [6.45, 7) is 0. The summed E-state index contributed by atoms with van der Waals surface area (Å²) < 4.78 is 0.710. The predicted octanol–water partition coefficient (Wildman–Crippen LogP) is 5.92. The van der Waals surface area contributed by atoms with Crippen LogP contribution in [0.5, 0.6) is 0 Å². The molecule has 3 aromatic carbocycles. The molecular formula is C23H14BrClN2O3S. The number of carbonyl (C=O) groups excluding carboxylic acids is 3. The van der Waals surface area contributed by atoms with E-state index in [1.54, 1.807) is 36.0 Å². The van der Waals surface area contributed by atoms with Gasteiger partial charge in [-0.1, -0.05) is 57.5 Å². The summed E-state index contributed by atoms with van der Waals surface area (Å²) in [6, 6.07) is 20.9. The van der Waals surface area contributed by atoms with Crippen molar-refractivity contribution in [2.24, 2.45) is 0 Å². The minimum absolute atomic E-state index is 0.113. The van der Waals surface area contributed by atoms with E-state index in [1.807, 2.05) is 48.5 Å². The molecule has 1 heterocycles. The van der Waals surface area contributed by atoms with E-state index in [4.69, 9.17) is 11.6 Å². The summed E-state index contributed by atoms with van der Waals surface area (Å²) in [4.78, 5) is 40.5. The monoisotopic (exact) mass is 512 g/mol. The third-order valence-corrected chi connectivity index (χ3v) is 6.17. The zero-order chi connectivity index (χ0) is 22.0. The minimum Gasteiger partial charge on any atom is -0.273 e. The molecule has 8 heteroatoms. The highest BCUT2D eigenvalue weighted by atomic mass is 79.9. The molecule has 0 spiro atoms. The molecule has 1 aliphatic rings. The van der Waals surface area contributed by atoms with Crippen LogP contribution in [0.1, 0.15) is 5.56 Å². The summed E-state index contributed by atoms with van der Waals surface area (Å²) >= 11 is 10.8.